The fourth-order valence-corrected chi connectivity index (χ4v) is 2.62. The van der Waals surface area contributed by atoms with Gasteiger partial charge in [0.05, 0.1) is 4.92 Å². The Kier molecular flexibility index (Phi) is 4.19. The van der Waals surface area contributed by atoms with Crippen LogP contribution in [0.25, 0.3) is 0 Å². The van der Waals surface area contributed by atoms with Crippen LogP contribution in [0.2, 0.25) is 0 Å². The molecule has 2 N–H and O–H groups in total. The molecule has 1 aliphatic heterocycles. The van der Waals surface area contributed by atoms with Crippen molar-refractivity contribution in [2.75, 3.05) is 24.6 Å². The number of aromatic carboxylic acids is 1. The molecule has 0 aromatic heterocycles. The topological polar surface area (TPSA) is 104 Å². The number of nitro benzene ring substituents is 1. The lowest BCUT2D eigenvalue weighted by Crippen LogP contribution is -2.22. The van der Waals surface area contributed by atoms with Gasteiger partial charge in [-0.15, -0.1) is 0 Å². The molecule has 1 fully saturated rings. The quantitative estimate of drug-likeness (QED) is 0.625. The number of hydrogen-bond acceptors (Lipinski definition) is 5. The van der Waals surface area contributed by atoms with E-state index in [1.807, 2.05) is 4.90 Å². The molecule has 0 bridgehead atoms. The number of carbonyl (C=O) groups is 1. The Balaban J connectivity index is 2.35. The molecule has 7 heteroatoms. The third kappa shape index (κ3) is 2.72. The third-order valence-corrected chi connectivity index (χ3v) is 3.59. The van der Waals surface area contributed by atoms with E-state index in [0.717, 1.165) is 6.42 Å². The lowest BCUT2D eigenvalue weighted by molar-refractivity contribution is -0.384. The van der Waals surface area contributed by atoms with Gasteiger partial charge in [0, 0.05) is 19.7 Å². The summed E-state index contributed by atoms with van der Waals surface area (Å²) in [6.45, 7) is 1.33. The number of anilines is 1. The van der Waals surface area contributed by atoms with E-state index in [1.54, 1.807) is 6.07 Å². The monoisotopic (exact) mass is 280 g/mol. The first kappa shape index (κ1) is 14.3. The van der Waals surface area contributed by atoms with Gasteiger partial charge < -0.3 is 15.1 Å². The zero-order valence-electron chi connectivity index (χ0n) is 10.9. The minimum Gasteiger partial charge on any atom is -0.477 e. The minimum atomic E-state index is -1.30. The van der Waals surface area contributed by atoms with Crippen LogP contribution in [-0.4, -0.2) is 40.8 Å². The summed E-state index contributed by atoms with van der Waals surface area (Å²) in [5.74, 6) is -1.02. The number of rotatable bonds is 5. The van der Waals surface area contributed by atoms with Crippen LogP contribution in [0, 0.1) is 16.0 Å². The molecule has 1 atom stereocenters. The second-order valence-corrected chi connectivity index (χ2v) is 4.85. The van der Waals surface area contributed by atoms with Crippen LogP contribution in [0.3, 0.4) is 0 Å². The van der Waals surface area contributed by atoms with E-state index in [2.05, 4.69) is 0 Å². The lowest BCUT2D eigenvalue weighted by atomic mass is 10.1. The molecule has 0 spiro atoms. The van der Waals surface area contributed by atoms with Gasteiger partial charge in [-0.3, -0.25) is 10.1 Å². The van der Waals surface area contributed by atoms with Crippen LogP contribution < -0.4 is 4.90 Å². The maximum atomic E-state index is 11.2. The Hall–Kier alpha value is -2.15. The molecule has 1 saturated heterocycles. The highest BCUT2D eigenvalue weighted by Crippen LogP contribution is 2.35. The van der Waals surface area contributed by atoms with Crippen LogP contribution in [0.4, 0.5) is 11.4 Å². The normalized spacial score (nSPS) is 18.2. The van der Waals surface area contributed by atoms with E-state index >= 15 is 0 Å². The van der Waals surface area contributed by atoms with Crippen LogP contribution in [0.5, 0.6) is 0 Å². The van der Waals surface area contributed by atoms with Crippen LogP contribution in [0.1, 0.15) is 23.2 Å². The molecule has 0 aliphatic carbocycles. The average molecular weight is 280 g/mol. The predicted molar refractivity (Wildman–Crippen MR) is 72.1 cm³/mol. The second kappa shape index (κ2) is 5.87. The standard InChI is InChI=1S/C13H16N2O5/c16-7-5-9-4-6-14(8-9)11-3-1-2-10(13(17)18)12(11)15(19)20/h1-3,9,16H,4-8H2,(H,17,18). The van der Waals surface area contributed by atoms with E-state index in [-0.39, 0.29) is 23.8 Å². The fourth-order valence-electron chi connectivity index (χ4n) is 2.62. The smallest absolute Gasteiger partial charge is 0.342 e. The van der Waals surface area contributed by atoms with Gasteiger partial charge >= 0.3 is 11.7 Å². The molecule has 2 rings (SSSR count). The van der Waals surface area contributed by atoms with Gasteiger partial charge in [0.25, 0.3) is 0 Å². The molecule has 1 aromatic rings. The first-order valence-electron chi connectivity index (χ1n) is 6.41. The molecule has 20 heavy (non-hydrogen) atoms. The summed E-state index contributed by atoms with van der Waals surface area (Å²) in [6, 6.07) is 4.34. The zero-order valence-corrected chi connectivity index (χ0v) is 10.9. The molecule has 7 nitrogen and oxygen atoms in total. The number of nitro groups is 1. The zero-order chi connectivity index (χ0) is 14.7. The van der Waals surface area contributed by atoms with E-state index in [0.29, 0.717) is 25.2 Å². The second-order valence-electron chi connectivity index (χ2n) is 4.85. The van der Waals surface area contributed by atoms with Crippen LogP contribution >= 0.6 is 0 Å². The van der Waals surface area contributed by atoms with Gasteiger partial charge in [0.15, 0.2) is 0 Å². The summed E-state index contributed by atoms with van der Waals surface area (Å²) >= 11 is 0. The number of aliphatic hydroxyl groups excluding tert-OH is 1. The summed E-state index contributed by atoms with van der Waals surface area (Å²) in [4.78, 5) is 23.5. The molecule has 1 heterocycles. The highest BCUT2D eigenvalue weighted by atomic mass is 16.6. The predicted octanol–water partition coefficient (Wildman–Crippen LogP) is 1.50. The van der Waals surface area contributed by atoms with E-state index in [9.17, 15) is 14.9 Å². The van der Waals surface area contributed by atoms with E-state index in [1.165, 1.54) is 12.1 Å². The highest BCUT2D eigenvalue weighted by Gasteiger charge is 2.31. The fraction of sp³-hybridized carbons (Fsp3) is 0.462. The molecule has 0 amide bonds. The molecular weight excluding hydrogens is 264 g/mol. The number of para-hydroxylation sites is 1. The van der Waals surface area contributed by atoms with Crippen LogP contribution in [-0.2, 0) is 0 Å². The Labute approximate surface area is 115 Å². The van der Waals surface area contributed by atoms with Crippen molar-refractivity contribution in [3.63, 3.8) is 0 Å². The number of nitrogens with zero attached hydrogens (tertiary/aromatic N) is 2. The van der Waals surface area contributed by atoms with Crippen molar-refractivity contribution in [2.45, 2.75) is 12.8 Å². The van der Waals surface area contributed by atoms with Crippen molar-refractivity contribution in [3.05, 3.63) is 33.9 Å². The number of hydrogen-bond donors (Lipinski definition) is 2. The average Bonchev–Trinajstić information content (AvgIpc) is 2.86. The highest BCUT2D eigenvalue weighted by molar-refractivity contribution is 5.95. The minimum absolute atomic E-state index is 0.0930. The molecule has 1 aliphatic rings. The molecule has 1 unspecified atom stereocenters. The van der Waals surface area contributed by atoms with Crippen molar-refractivity contribution >= 4 is 17.3 Å². The number of aliphatic hydroxyl groups is 1. The molecule has 1 aromatic carbocycles. The van der Waals surface area contributed by atoms with Gasteiger partial charge in [-0.25, -0.2) is 4.79 Å². The van der Waals surface area contributed by atoms with Gasteiger partial charge in [-0.1, -0.05) is 6.07 Å². The van der Waals surface area contributed by atoms with Gasteiger partial charge in [-0.05, 0) is 30.9 Å². The Morgan fingerprint density at radius 3 is 2.85 bits per heavy atom. The molecule has 0 radical (unpaired) electrons. The molecule has 0 saturated carbocycles. The van der Waals surface area contributed by atoms with Gasteiger partial charge in [0.1, 0.15) is 11.3 Å². The molecular formula is C13H16N2O5. The van der Waals surface area contributed by atoms with Crippen molar-refractivity contribution in [2.24, 2.45) is 5.92 Å². The SMILES string of the molecule is O=C(O)c1cccc(N2CCC(CCO)C2)c1[N+](=O)[O-]. The van der Waals surface area contributed by atoms with Crippen LogP contribution in [0.15, 0.2) is 18.2 Å². The Morgan fingerprint density at radius 2 is 2.25 bits per heavy atom. The Morgan fingerprint density at radius 1 is 1.50 bits per heavy atom. The first-order chi connectivity index (χ1) is 9.54. The largest absolute Gasteiger partial charge is 0.477 e. The Bertz CT molecular complexity index is 531. The number of carboxylic acids is 1. The summed E-state index contributed by atoms with van der Waals surface area (Å²) in [5.41, 5.74) is -0.307. The summed E-state index contributed by atoms with van der Waals surface area (Å²) < 4.78 is 0. The summed E-state index contributed by atoms with van der Waals surface area (Å²) in [7, 11) is 0. The van der Waals surface area contributed by atoms with Crippen molar-refractivity contribution in [1.29, 1.82) is 0 Å². The number of carboxylic acid groups (broad SMARTS) is 1. The van der Waals surface area contributed by atoms with Crippen molar-refractivity contribution < 1.29 is 19.9 Å². The van der Waals surface area contributed by atoms with Crippen molar-refractivity contribution in [3.8, 4) is 0 Å². The van der Waals surface area contributed by atoms with Gasteiger partial charge in [0.2, 0.25) is 0 Å². The number of benzene rings is 1. The molecule has 108 valence electrons. The van der Waals surface area contributed by atoms with Gasteiger partial charge in [-0.2, -0.15) is 0 Å². The third-order valence-electron chi connectivity index (χ3n) is 3.59. The van der Waals surface area contributed by atoms with Crippen molar-refractivity contribution in [1.82, 2.24) is 0 Å². The lowest BCUT2D eigenvalue weighted by Gasteiger charge is -2.19. The van der Waals surface area contributed by atoms with E-state index in [4.69, 9.17) is 10.2 Å². The van der Waals surface area contributed by atoms with E-state index < -0.39 is 10.9 Å². The summed E-state index contributed by atoms with van der Waals surface area (Å²) in [6.07, 6.45) is 1.50. The first-order valence-corrected chi connectivity index (χ1v) is 6.41. The maximum Gasteiger partial charge on any atom is 0.342 e. The maximum absolute atomic E-state index is 11.2. The summed E-state index contributed by atoms with van der Waals surface area (Å²) in [5, 5.41) is 29.2.